The maximum Gasteiger partial charge on any atom is 0.167 e. The van der Waals surface area contributed by atoms with E-state index in [4.69, 9.17) is 4.98 Å². The van der Waals surface area contributed by atoms with Crippen molar-refractivity contribution < 1.29 is 9.90 Å². The van der Waals surface area contributed by atoms with Gasteiger partial charge in [0.25, 0.3) is 0 Å². The zero-order chi connectivity index (χ0) is 22.1. The van der Waals surface area contributed by atoms with E-state index >= 15 is 0 Å². The van der Waals surface area contributed by atoms with Gasteiger partial charge in [0.15, 0.2) is 17.5 Å². The van der Waals surface area contributed by atoms with Gasteiger partial charge < -0.3 is 5.11 Å². The van der Waals surface area contributed by atoms with E-state index in [1.54, 1.807) is 12.1 Å². The van der Waals surface area contributed by atoms with E-state index in [2.05, 4.69) is 22.1 Å². The molecule has 0 aliphatic carbocycles. The van der Waals surface area contributed by atoms with Crippen molar-refractivity contribution in [1.82, 2.24) is 15.0 Å². The van der Waals surface area contributed by atoms with Crippen molar-refractivity contribution in [1.29, 1.82) is 0 Å². The highest BCUT2D eigenvalue weighted by Gasteiger charge is 2.17. The molecule has 1 N–H and O–H groups in total. The first-order chi connectivity index (χ1) is 14.9. The SMILES string of the molecule is Cc1ccc(-c2nc(-c3ccc(C)cc3C)nc(-c3ccc(C=O)cc3O)n2)c(C)c1. The lowest BCUT2D eigenvalue weighted by molar-refractivity contribution is 0.112. The van der Waals surface area contributed by atoms with E-state index in [0.29, 0.717) is 34.9 Å². The number of aryl methyl sites for hydroxylation is 4. The number of phenols is 1. The molecule has 0 amide bonds. The van der Waals surface area contributed by atoms with Crippen molar-refractivity contribution >= 4 is 6.29 Å². The van der Waals surface area contributed by atoms with Crippen LogP contribution < -0.4 is 0 Å². The molecule has 0 bridgehead atoms. The van der Waals surface area contributed by atoms with Crippen molar-refractivity contribution in [3.63, 3.8) is 0 Å². The summed E-state index contributed by atoms with van der Waals surface area (Å²) in [5.74, 6) is 1.39. The van der Waals surface area contributed by atoms with Crippen LogP contribution in [-0.4, -0.2) is 26.3 Å². The van der Waals surface area contributed by atoms with Crippen molar-refractivity contribution in [3.8, 4) is 39.9 Å². The van der Waals surface area contributed by atoms with Gasteiger partial charge in [-0.25, -0.2) is 15.0 Å². The topological polar surface area (TPSA) is 76.0 Å². The van der Waals surface area contributed by atoms with Crippen molar-refractivity contribution in [2.45, 2.75) is 27.7 Å². The van der Waals surface area contributed by atoms with Gasteiger partial charge in [-0.1, -0.05) is 53.6 Å². The van der Waals surface area contributed by atoms with E-state index in [-0.39, 0.29) is 5.75 Å². The average Bonchev–Trinajstić information content (AvgIpc) is 2.73. The van der Waals surface area contributed by atoms with Gasteiger partial charge in [0.2, 0.25) is 0 Å². The monoisotopic (exact) mass is 409 g/mol. The van der Waals surface area contributed by atoms with Gasteiger partial charge in [0.1, 0.15) is 12.0 Å². The molecule has 0 atom stereocenters. The largest absolute Gasteiger partial charge is 0.507 e. The Kier molecular flexibility index (Phi) is 5.34. The Hall–Kier alpha value is -3.86. The number of aldehydes is 1. The highest BCUT2D eigenvalue weighted by atomic mass is 16.3. The second kappa shape index (κ2) is 8.11. The number of aromatic nitrogens is 3. The number of phenolic OH excluding ortho intramolecular Hbond substituents is 1. The van der Waals surface area contributed by atoms with E-state index in [9.17, 15) is 9.90 Å². The molecule has 0 fully saturated rings. The summed E-state index contributed by atoms with van der Waals surface area (Å²) in [5, 5.41) is 10.5. The number of nitrogens with zero attached hydrogens (tertiary/aromatic N) is 3. The highest BCUT2D eigenvalue weighted by Crippen LogP contribution is 2.32. The van der Waals surface area contributed by atoms with Gasteiger partial charge in [-0.3, -0.25) is 4.79 Å². The molecule has 3 aromatic carbocycles. The fourth-order valence-electron chi connectivity index (χ4n) is 3.68. The summed E-state index contributed by atoms with van der Waals surface area (Å²) < 4.78 is 0. The predicted molar refractivity (Wildman–Crippen MR) is 122 cm³/mol. The zero-order valence-electron chi connectivity index (χ0n) is 18.0. The van der Waals surface area contributed by atoms with Gasteiger partial charge in [-0.15, -0.1) is 0 Å². The van der Waals surface area contributed by atoms with Crippen LogP contribution >= 0.6 is 0 Å². The predicted octanol–water partition coefficient (Wildman–Crippen LogP) is 5.62. The molecule has 0 aliphatic rings. The van der Waals surface area contributed by atoms with E-state index < -0.39 is 0 Å². The number of rotatable bonds is 4. The molecule has 0 unspecified atom stereocenters. The van der Waals surface area contributed by atoms with Crippen LogP contribution in [0.4, 0.5) is 0 Å². The molecule has 5 heteroatoms. The first-order valence-electron chi connectivity index (χ1n) is 10.1. The Balaban J connectivity index is 1.98. The normalized spacial score (nSPS) is 10.8. The molecule has 4 aromatic rings. The second-order valence-electron chi connectivity index (χ2n) is 7.84. The molecule has 0 saturated carbocycles. The fourth-order valence-corrected chi connectivity index (χ4v) is 3.68. The molecule has 5 nitrogen and oxygen atoms in total. The molecule has 1 aromatic heterocycles. The van der Waals surface area contributed by atoms with Crippen LogP contribution in [0.2, 0.25) is 0 Å². The van der Waals surface area contributed by atoms with Crippen molar-refractivity contribution in [3.05, 3.63) is 82.4 Å². The van der Waals surface area contributed by atoms with Crippen LogP contribution in [0.5, 0.6) is 5.75 Å². The van der Waals surface area contributed by atoms with Crippen LogP contribution in [0.3, 0.4) is 0 Å². The lowest BCUT2D eigenvalue weighted by Gasteiger charge is -2.12. The second-order valence-corrected chi connectivity index (χ2v) is 7.84. The summed E-state index contributed by atoms with van der Waals surface area (Å²) in [6, 6.07) is 17.0. The molecule has 0 saturated heterocycles. The number of hydrogen-bond acceptors (Lipinski definition) is 5. The third kappa shape index (κ3) is 4.08. The van der Waals surface area contributed by atoms with Gasteiger partial charge in [0.05, 0.1) is 5.56 Å². The number of carbonyl (C=O) groups is 1. The minimum Gasteiger partial charge on any atom is -0.507 e. The van der Waals surface area contributed by atoms with Crippen LogP contribution in [0, 0.1) is 27.7 Å². The third-order valence-corrected chi connectivity index (χ3v) is 5.28. The zero-order valence-corrected chi connectivity index (χ0v) is 18.0. The van der Waals surface area contributed by atoms with Crippen LogP contribution in [0.1, 0.15) is 32.6 Å². The molecule has 0 radical (unpaired) electrons. The summed E-state index contributed by atoms with van der Waals surface area (Å²) in [6.07, 6.45) is 0.694. The van der Waals surface area contributed by atoms with E-state index in [0.717, 1.165) is 33.4 Å². The Morgan fingerprint density at radius 3 is 1.52 bits per heavy atom. The molecule has 1 heterocycles. The lowest BCUT2D eigenvalue weighted by atomic mass is 10.0. The lowest BCUT2D eigenvalue weighted by Crippen LogP contribution is -2.02. The molecular weight excluding hydrogens is 386 g/mol. The summed E-state index contributed by atoms with van der Waals surface area (Å²) in [5.41, 5.74) is 7.09. The van der Waals surface area contributed by atoms with E-state index in [1.165, 1.54) is 6.07 Å². The fraction of sp³-hybridized carbons (Fsp3) is 0.154. The summed E-state index contributed by atoms with van der Waals surface area (Å²) in [6.45, 7) is 8.14. The van der Waals surface area contributed by atoms with Gasteiger partial charge in [0, 0.05) is 16.7 Å². The minimum atomic E-state index is -0.0473. The van der Waals surface area contributed by atoms with E-state index in [1.807, 2.05) is 52.0 Å². The summed E-state index contributed by atoms with van der Waals surface area (Å²) in [7, 11) is 0. The summed E-state index contributed by atoms with van der Waals surface area (Å²) in [4.78, 5) is 25.2. The van der Waals surface area contributed by atoms with Crippen LogP contribution in [-0.2, 0) is 0 Å². The smallest absolute Gasteiger partial charge is 0.167 e. The standard InChI is InChI=1S/C26H23N3O2/c1-15-5-8-20(17(3)11-15)24-27-25(21-9-6-16(2)12-18(21)4)29-26(28-24)22-10-7-19(14-30)13-23(22)31/h5-14,31H,1-4H3. The molecule has 0 spiro atoms. The number of aromatic hydroxyl groups is 1. The van der Waals surface area contributed by atoms with Crippen molar-refractivity contribution in [2.75, 3.05) is 0 Å². The first kappa shape index (κ1) is 20.4. The molecule has 4 rings (SSSR count). The highest BCUT2D eigenvalue weighted by molar-refractivity contribution is 5.79. The number of hydrogen-bond donors (Lipinski definition) is 1. The van der Waals surface area contributed by atoms with Gasteiger partial charge >= 0.3 is 0 Å². The molecular formula is C26H23N3O2. The third-order valence-electron chi connectivity index (χ3n) is 5.28. The average molecular weight is 409 g/mol. The maximum absolute atomic E-state index is 11.1. The Morgan fingerprint density at radius 1 is 0.645 bits per heavy atom. The van der Waals surface area contributed by atoms with Crippen molar-refractivity contribution in [2.24, 2.45) is 0 Å². The van der Waals surface area contributed by atoms with Crippen LogP contribution in [0.25, 0.3) is 34.2 Å². The first-order valence-corrected chi connectivity index (χ1v) is 10.1. The van der Waals surface area contributed by atoms with Crippen LogP contribution in [0.15, 0.2) is 54.6 Å². The van der Waals surface area contributed by atoms with Gasteiger partial charge in [-0.2, -0.15) is 0 Å². The Labute approximate surface area is 181 Å². The maximum atomic E-state index is 11.1. The Morgan fingerprint density at radius 2 is 1.10 bits per heavy atom. The molecule has 0 aliphatic heterocycles. The minimum absolute atomic E-state index is 0.0473. The van der Waals surface area contributed by atoms with Gasteiger partial charge in [-0.05, 0) is 51.0 Å². The molecule has 31 heavy (non-hydrogen) atoms. The quantitative estimate of drug-likeness (QED) is 0.443. The summed E-state index contributed by atoms with van der Waals surface area (Å²) >= 11 is 0. The number of benzene rings is 3. The Bertz CT molecular complexity index is 1240. The molecule has 154 valence electrons. The number of carbonyl (C=O) groups excluding carboxylic acids is 1.